The highest BCUT2D eigenvalue weighted by molar-refractivity contribution is 5.73. The SMILES string of the molecule is CC(=O)N[C@@H]1C[C@H](c2ccc(OCc3nccn3C)cc2)OC2(CCCCC2)C1. The van der Waals surface area contributed by atoms with Gasteiger partial charge in [0.05, 0.1) is 11.7 Å². The summed E-state index contributed by atoms with van der Waals surface area (Å²) in [5.74, 6) is 1.75. The van der Waals surface area contributed by atoms with E-state index in [-0.39, 0.29) is 23.7 Å². The summed E-state index contributed by atoms with van der Waals surface area (Å²) in [6.45, 7) is 2.04. The van der Waals surface area contributed by atoms with Crippen molar-refractivity contribution < 1.29 is 14.3 Å². The van der Waals surface area contributed by atoms with Crippen LogP contribution in [0.2, 0.25) is 0 Å². The Morgan fingerprint density at radius 3 is 2.69 bits per heavy atom. The Labute approximate surface area is 172 Å². The van der Waals surface area contributed by atoms with Gasteiger partial charge in [0.1, 0.15) is 18.2 Å². The van der Waals surface area contributed by atoms with Crippen molar-refractivity contribution in [3.63, 3.8) is 0 Å². The number of rotatable bonds is 5. The van der Waals surface area contributed by atoms with E-state index < -0.39 is 0 Å². The fourth-order valence-corrected chi connectivity index (χ4v) is 4.77. The molecule has 2 aromatic rings. The van der Waals surface area contributed by atoms with Crippen molar-refractivity contribution in [2.45, 2.75) is 76.2 Å². The molecule has 2 aliphatic rings. The molecule has 156 valence electrons. The van der Waals surface area contributed by atoms with Gasteiger partial charge in [-0.3, -0.25) is 4.79 Å². The van der Waals surface area contributed by atoms with Gasteiger partial charge in [-0.2, -0.15) is 0 Å². The van der Waals surface area contributed by atoms with Crippen molar-refractivity contribution in [2.75, 3.05) is 0 Å². The molecule has 1 aromatic heterocycles. The first-order valence-corrected chi connectivity index (χ1v) is 10.7. The zero-order valence-electron chi connectivity index (χ0n) is 17.4. The first-order valence-electron chi connectivity index (χ1n) is 10.7. The summed E-state index contributed by atoms with van der Waals surface area (Å²) in [6.07, 6.45) is 11.3. The monoisotopic (exact) mass is 397 g/mol. The largest absolute Gasteiger partial charge is 0.486 e. The quantitative estimate of drug-likeness (QED) is 0.826. The maximum atomic E-state index is 11.7. The fraction of sp³-hybridized carbons (Fsp3) is 0.565. The minimum absolute atomic E-state index is 0.00212. The number of nitrogens with zero attached hydrogens (tertiary/aromatic N) is 2. The molecule has 0 radical (unpaired) electrons. The second-order valence-corrected chi connectivity index (χ2v) is 8.50. The van der Waals surface area contributed by atoms with Crippen molar-refractivity contribution in [2.24, 2.45) is 7.05 Å². The number of aromatic nitrogens is 2. The molecule has 1 aromatic carbocycles. The molecule has 4 rings (SSSR count). The molecule has 29 heavy (non-hydrogen) atoms. The molecule has 1 aliphatic heterocycles. The van der Waals surface area contributed by atoms with E-state index in [9.17, 15) is 4.79 Å². The number of amides is 1. The van der Waals surface area contributed by atoms with Gasteiger partial charge < -0.3 is 19.4 Å². The van der Waals surface area contributed by atoms with Gasteiger partial charge >= 0.3 is 0 Å². The van der Waals surface area contributed by atoms with Crippen LogP contribution in [0.1, 0.15) is 69.4 Å². The molecule has 0 bridgehead atoms. The molecule has 1 spiro atoms. The standard InChI is InChI=1S/C23H31N3O3/c1-17(27)25-19-14-21(29-23(15-19)10-4-3-5-11-23)18-6-8-20(9-7-18)28-16-22-24-12-13-26(22)2/h6-9,12-13,19,21H,3-5,10-11,14-16H2,1-2H3,(H,25,27)/t19-,21-/m1/s1. The van der Waals surface area contributed by atoms with Crippen molar-refractivity contribution in [3.05, 3.63) is 48.0 Å². The van der Waals surface area contributed by atoms with E-state index in [4.69, 9.17) is 9.47 Å². The predicted octanol–water partition coefficient (Wildman–Crippen LogP) is 4.06. The lowest BCUT2D eigenvalue weighted by Crippen LogP contribution is -2.50. The summed E-state index contributed by atoms with van der Waals surface area (Å²) in [6, 6.07) is 8.34. The first-order chi connectivity index (χ1) is 14.0. The molecule has 6 nitrogen and oxygen atoms in total. The number of ether oxygens (including phenoxy) is 2. The van der Waals surface area contributed by atoms with Gasteiger partial charge in [-0.1, -0.05) is 31.4 Å². The van der Waals surface area contributed by atoms with Gasteiger partial charge in [-0.25, -0.2) is 4.98 Å². The molecular weight excluding hydrogens is 366 g/mol. The molecule has 1 amide bonds. The van der Waals surface area contributed by atoms with E-state index in [2.05, 4.69) is 22.4 Å². The average Bonchev–Trinajstić information content (AvgIpc) is 3.11. The van der Waals surface area contributed by atoms with Gasteiger partial charge in [0, 0.05) is 32.4 Å². The van der Waals surface area contributed by atoms with E-state index in [1.54, 1.807) is 13.1 Å². The lowest BCUT2D eigenvalue weighted by molar-refractivity contribution is -0.158. The van der Waals surface area contributed by atoms with Crippen LogP contribution in [-0.2, 0) is 23.2 Å². The first kappa shape index (κ1) is 20.0. The number of hydrogen-bond donors (Lipinski definition) is 1. The fourth-order valence-electron chi connectivity index (χ4n) is 4.77. The lowest BCUT2D eigenvalue weighted by atomic mass is 9.76. The van der Waals surface area contributed by atoms with E-state index >= 15 is 0 Å². The molecule has 1 saturated carbocycles. The molecule has 1 saturated heterocycles. The third-order valence-corrected chi connectivity index (χ3v) is 6.22. The normalized spacial score (nSPS) is 23.7. The summed E-state index contributed by atoms with van der Waals surface area (Å²) in [5, 5.41) is 3.15. The molecule has 2 atom stereocenters. The number of nitrogens with one attached hydrogen (secondary N) is 1. The maximum absolute atomic E-state index is 11.7. The summed E-state index contributed by atoms with van der Waals surface area (Å²) >= 11 is 0. The van der Waals surface area contributed by atoms with Crippen molar-refractivity contribution in [3.8, 4) is 5.75 Å². The Bertz CT molecular complexity index is 824. The minimum atomic E-state index is -0.0956. The molecule has 2 fully saturated rings. The van der Waals surface area contributed by atoms with E-state index in [0.717, 1.165) is 42.8 Å². The van der Waals surface area contributed by atoms with Crippen molar-refractivity contribution >= 4 is 5.91 Å². The number of aryl methyl sites for hydroxylation is 1. The predicted molar refractivity (Wildman–Crippen MR) is 110 cm³/mol. The van der Waals surface area contributed by atoms with Crippen LogP contribution in [0.3, 0.4) is 0 Å². The van der Waals surface area contributed by atoms with Gasteiger partial charge in [0.15, 0.2) is 0 Å². The average molecular weight is 398 g/mol. The maximum Gasteiger partial charge on any atom is 0.217 e. The van der Waals surface area contributed by atoms with Crippen LogP contribution in [0.25, 0.3) is 0 Å². The zero-order valence-corrected chi connectivity index (χ0v) is 17.4. The van der Waals surface area contributed by atoms with Crippen LogP contribution >= 0.6 is 0 Å². The number of carbonyl (C=O) groups excluding carboxylic acids is 1. The van der Waals surface area contributed by atoms with Crippen molar-refractivity contribution in [1.29, 1.82) is 0 Å². The van der Waals surface area contributed by atoms with Gasteiger partial charge in [-0.05, 0) is 43.4 Å². The third-order valence-electron chi connectivity index (χ3n) is 6.22. The summed E-state index contributed by atoms with van der Waals surface area (Å²) in [5.41, 5.74) is 1.05. The highest BCUT2D eigenvalue weighted by Crippen LogP contribution is 2.45. The highest BCUT2D eigenvalue weighted by atomic mass is 16.5. The van der Waals surface area contributed by atoms with E-state index in [0.29, 0.717) is 6.61 Å². The van der Waals surface area contributed by atoms with Crippen LogP contribution < -0.4 is 10.1 Å². The molecule has 1 aliphatic carbocycles. The van der Waals surface area contributed by atoms with Crippen LogP contribution in [0.5, 0.6) is 5.75 Å². The Balaban J connectivity index is 1.45. The van der Waals surface area contributed by atoms with Crippen LogP contribution in [-0.4, -0.2) is 27.1 Å². The van der Waals surface area contributed by atoms with Crippen LogP contribution in [0.15, 0.2) is 36.7 Å². The lowest BCUT2D eigenvalue weighted by Gasteiger charge is -2.47. The zero-order chi connectivity index (χ0) is 20.3. The number of imidazole rings is 1. The van der Waals surface area contributed by atoms with E-state index in [1.165, 1.54) is 19.3 Å². The van der Waals surface area contributed by atoms with Crippen LogP contribution in [0, 0.1) is 0 Å². The Morgan fingerprint density at radius 2 is 2.03 bits per heavy atom. The third kappa shape index (κ3) is 4.81. The topological polar surface area (TPSA) is 65.4 Å². The van der Waals surface area contributed by atoms with Gasteiger partial charge in [0.25, 0.3) is 0 Å². The Hall–Kier alpha value is -2.34. The second-order valence-electron chi connectivity index (χ2n) is 8.50. The van der Waals surface area contributed by atoms with Gasteiger partial charge in [0.2, 0.25) is 5.91 Å². The number of hydrogen-bond acceptors (Lipinski definition) is 4. The Morgan fingerprint density at radius 1 is 1.28 bits per heavy atom. The summed E-state index contributed by atoms with van der Waals surface area (Å²) < 4.78 is 14.5. The minimum Gasteiger partial charge on any atom is -0.486 e. The summed E-state index contributed by atoms with van der Waals surface area (Å²) in [4.78, 5) is 16.0. The van der Waals surface area contributed by atoms with Crippen LogP contribution in [0.4, 0.5) is 0 Å². The second kappa shape index (κ2) is 8.57. The van der Waals surface area contributed by atoms with E-state index in [1.807, 2.05) is 29.9 Å². The smallest absolute Gasteiger partial charge is 0.217 e. The molecule has 0 unspecified atom stereocenters. The molecule has 2 heterocycles. The molecule has 1 N–H and O–H groups in total. The molecular formula is C23H31N3O3. The Kier molecular flexibility index (Phi) is 5.90. The number of carbonyl (C=O) groups is 1. The molecule has 6 heteroatoms. The number of benzene rings is 1. The summed E-state index contributed by atoms with van der Waals surface area (Å²) in [7, 11) is 1.96. The van der Waals surface area contributed by atoms with Crippen molar-refractivity contribution in [1.82, 2.24) is 14.9 Å². The highest BCUT2D eigenvalue weighted by Gasteiger charge is 2.42. The van der Waals surface area contributed by atoms with Gasteiger partial charge in [-0.15, -0.1) is 0 Å².